The van der Waals surface area contributed by atoms with Crippen LogP contribution in [0.5, 0.6) is 0 Å². The van der Waals surface area contributed by atoms with Gasteiger partial charge in [-0.1, -0.05) is 0 Å². The molecule has 2 fully saturated rings. The lowest BCUT2D eigenvalue weighted by molar-refractivity contribution is -0.133. The molecule has 3 aliphatic heterocycles. The highest BCUT2D eigenvalue weighted by Crippen LogP contribution is 2.31. The van der Waals surface area contributed by atoms with Crippen molar-refractivity contribution in [2.75, 3.05) is 62.8 Å². The van der Waals surface area contributed by atoms with Crippen molar-refractivity contribution in [3.63, 3.8) is 0 Å². The van der Waals surface area contributed by atoms with E-state index in [4.69, 9.17) is 4.74 Å². The summed E-state index contributed by atoms with van der Waals surface area (Å²) in [5.74, 6) is 1.96. The number of amides is 1. The van der Waals surface area contributed by atoms with Gasteiger partial charge in [-0.3, -0.25) is 4.79 Å². The SMILES string of the molecule is CN1CC(=O)N(C2CNC2)Cc2c1ncnc2N1CCOCC1. The molecule has 0 radical (unpaired) electrons. The predicted octanol–water partition coefficient (Wildman–Crippen LogP) is -0.937. The highest BCUT2D eigenvalue weighted by Gasteiger charge is 2.34. The molecule has 0 bridgehead atoms. The molecule has 0 spiro atoms. The van der Waals surface area contributed by atoms with Crippen LogP contribution in [0.1, 0.15) is 5.56 Å². The van der Waals surface area contributed by atoms with E-state index in [0.29, 0.717) is 26.3 Å². The summed E-state index contributed by atoms with van der Waals surface area (Å²) in [6, 6.07) is 0.277. The summed E-state index contributed by atoms with van der Waals surface area (Å²) < 4.78 is 5.45. The van der Waals surface area contributed by atoms with Gasteiger partial charge in [0.05, 0.1) is 37.9 Å². The van der Waals surface area contributed by atoms with Gasteiger partial charge in [-0.2, -0.15) is 0 Å². The van der Waals surface area contributed by atoms with Gasteiger partial charge in [0.15, 0.2) is 0 Å². The van der Waals surface area contributed by atoms with Gasteiger partial charge < -0.3 is 24.8 Å². The van der Waals surface area contributed by atoms with Crippen LogP contribution in [0.3, 0.4) is 0 Å². The summed E-state index contributed by atoms with van der Waals surface area (Å²) in [6.07, 6.45) is 1.60. The minimum absolute atomic E-state index is 0.157. The highest BCUT2D eigenvalue weighted by molar-refractivity contribution is 5.84. The first-order valence-corrected chi connectivity index (χ1v) is 8.12. The summed E-state index contributed by atoms with van der Waals surface area (Å²) in [6.45, 7) is 5.75. The zero-order valence-electron chi connectivity index (χ0n) is 13.4. The number of anilines is 2. The molecule has 0 aliphatic carbocycles. The molecule has 1 amide bonds. The number of hydrogen-bond donors (Lipinski definition) is 1. The maximum absolute atomic E-state index is 12.6. The number of morpholine rings is 1. The molecular formula is C15H22N6O2. The molecule has 0 saturated carbocycles. The first-order chi connectivity index (χ1) is 11.2. The highest BCUT2D eigenvalue weighted by atomic mass is 16.5. The molecule has 8 nitrogen and oxygen atoms in total. The lowest BCUT2D eigenvalue weighted by Crippen LogP contribution is -2.59. The second-order valence-corrected chi connectivity index (χ2v) is 6.29. The Balaban J connectivity index is 1.71. The smallest absolute Gasteiger partial charge is 0.242 e. The van der Waals surface area contributed by atoms with Gasteiger partial charge in [-0.25, -0.2) is 9.97 Å². The van der Waals surface area contributed by atoms with Gasteiger partial charge in [0.2, 0.25) is 5.91 Å². The van der Waals surface area contributed by atoms with Crippen LogP contribution in [0.25, 0.3) is 0 Å². The number of ether oxygens (including phenoxy) is 1. The molecule has 23 heavy (non-hydrogen) atoms. The van der Waals surface area contributed by atoms with Gasteiger partial charge >= 0.3 is 0 Å². The van der Waals surface area contributed by atoms with Crippen LogP contribution in [0.15, 0.2) is 6.33 Å². The minimum Gasteiger partial charge on any atom is -0.378 e. The Morgan fingerprint density at radius 1 is 1.17 bits per heavy atom. The Morgan fingerprint density at radius 3 is 2.61 bits per heavy atom. The van der Waals surface area contributed by atoms with Crippen molar-refractivity contribution in [1.82, 2.24) is 20.2 Å². The van der Waals surface area contributed by atoms with Crippen molar-refractivity contribution >= 4 is 17.5 Å². The van der Waals surface area contributed by atoms with E-state index in [-0.39, 0.29) is 11.9 Å². The fourth-order valence-corrected chi connectivity index (χ4v) is 3.37. The molecule has 124 valence electrons. The summed E-state index contributed by atoms with van der Waals surface area (Å²) in [5.41, 5.74) is 1.05. The van der Waals surface area contributed by atoms with Gasteiger partial charge in [-0.15, -0.1) is 0 Å². The van der Waals surface area contributed by atoms with Gasteiger partial charge in [0.25, 0.3) is 0 Å². The van der Waals surface area contributed by atoms with E-state index in [1.54, 1.807) is 6.33 Å². The summed E-state index contributed by atoms with van der Waals surface area (Å²) >= 11 is 0. The molecule has 8 heteroatoms. The lowest BCUT2D eigenvalue weighted by atomic mass is 10.1. The van der Waals surface area contributed by atoms with Gasteiger partial charge in [-0.05, 0) is 0 Å². The normalized spacial score (nSPS) is 22.7. The third kappa shape index (κ3) is 2.61. The molecule has 4 heterocycles. The molecule has 1 aromatic rings. The van der Waals surface area contributed by atoms with Crippen molar-refractivity contribution in [3.8, 4) is 0 Å². The maximum atomic E-state index is 12.6. The van der Waals surface area contributed by atoms with Crippen LogP contribution in [0.2, 0.25) is 0 Å². The predicted molar refractivity (Wildman–Crippen MR) is 85.5 cm³/mol. The lowest BCUT2D eigenvalue weighted by Gasteiger charge is -2.38. The minimum atomic E-state index is 0.157. The molecule has 2 saturated heterocycles. The van der Waals surface area contributed by atoms with Crippen LogP contribution >= 0.6 is 0 Å². The van der Waals surface area contributed by atoms with Crippen molar-refractivity contribution in [1.29, 1.82) is 0 Å². The Morgan fingerprint density at radius 2 is 1.91 bits per heavy atom. The average Bonchev–Trinajstić information content (AvgIpc) is 2.64. The Hall–Kier alpha value is -1.93. The number of fused-ring (bicyclic) bond motifs is 1. The number of carbonyl (C=O) groups is 1. The third-order valence-corrected chi connectivity index (χ3v) is 4.79. The molecule has 0 aromatic carbocycles. The first kappa shape index (κ1) is 14.6. The number of hydrogen-bond acceptors (Lipinski definition) is 7. The zero-order valence-corrected chi connectivity index (χ0v) is 13.4. The second kappa shape index (κ2) is 5.93. The summed E-state index contributed by atoms with van der Waals surface area (Å²) in [5, 5.41) is 3.25. The largest absolute Gasteiger partial charge is 0.378 e. The van der Waals surface area contributed by atoms with E-state index in [1.807, 2.05) is 16.8 Å². The fraction of sp³-hybridized carbons (Fsp3) is 0.667. The van der Waals surface area contributed by atoms with E-state index < -0.39 is 0 Å². The third-order valence-electron chi connectivity index (χ3n) is 4.79. The van der Waals surface area contributed by atoms with Crippen LogP contribution in [0.4, 0.5) is 11.6 Å². The van der Waals surface area contributed by atoms with Crippen LogP contribution in [0, 0.1) is 0 Å². The molecule has 1 aromatic heterocycles. The van der Waals surface area contributed by atoms with Crippen LogP contribution < -0.4 is 15.1 Å². The van der Waals surface area contributed by atoms with Gasteiger partial charge in [0, 0.05) is 33.2 Å². The molecule has 3 aliphatic rings. The van der Waals surface area contributed by atoms with E-state index in [2.05, 4.69) is 20.2 Å². The quantitative estimate of drug-likeness (QED) is 0.755. The summed E-state index contributed by atoms with van der Waals surface area (Å²) in [4.78, 5) is 27.7. The molecule has 0 unspecified atom stereocenters. The molecule has 4 rings (SSSR count). The standard InChI is InChI=1S/C15H22N6O2/c1-19-9-13(22)21(11-6-16-7-11)8-12-14(19)17-10-18-15(12)20-2-4-23-5-3-20/h10-11,16H,2-9H2,1H3. The number of aromatic nitrogens is 2. The number of rotatable bonds is 2. The molecule has 1 N–H and O–H groups in total. The van der Waals surface area contributed by atoms with E-state index in [9.17, 15) is 4.79 Å². The topological polar surface area (TPSA) is 73.8 Å². The number of likely N-dealkylation sites (N-methyl/N-ethyl adjacent to an activating group) is 1. The van der Waals surface area contributed by atoms with Crippen molar-refractivity contribution in [2.45, 2.75) is 12.6 Å². The van der Waals surface area contributed by atoms with Crippen LogP contribution in [-0.2, 0) is 16.1 Å². The Bertz CT molecular complexity index is 600. The van der Waals surface area contributed by atoms with Crippen molar-refractivity contribution < 1.29 is 9.53 Å². The van der Waals surface area contributed by atoms with E-state index in [0.717, 1.165) is 43.4 Å². The fourth-order valence-electron chi connectivity index (χ4n) is 3.37. The first-order valence-electron chi connectivity index (χ1n) is 8.12. The summed E-state index contributed by atoms with van der Waals surface area (Å²) in [7, 11) is 1.93. The zero-order chi connectivity index (χ0) is 15.8. The Labute approximate surface area is 135 Å². The van der Waals surface area contributed by atoms with Crippen LogP contribution in [-0.4, -0.2) is 79.8 Å². The monoisotopic (exact) mass is 318 g/mol. The number of carbonyl (C=O) groups excluding carboxylic acids is 1. The molecular weight excluding hydrogens is 296 g/mol. The average molecular weight is 318 g/mol. The Kier molecular flexibility index (Phi) is 3.78. The van der Waals surface area contributed by atoms with Gasteiger partial charge in [0.1, 0.15) is 18.0 Å². The number of nitrogens with zero attached hydrogens (tertiary/aromatic N) is 5. The molecule has 0 atom stereocenters. The van der Waals surface area contributed by atoms with E-state index in [1.165, 1.54) is 0 Å². The van der Waals surface area contributed by atoms with Crippen molar-refractivity contribution in [3.05, 3.63) is 11.9 Å². The van der Waals surface area contributed by atoms with Crippen molar-refractivity contribution in [2.24, 2.45) is 0 Å². The maximum Gasteiger partial charge on any atom is 0.242 e. The second-order valence-electron chi connectivity index (χ2n) is 6.29. The number of nitrogens with one attached hydrogen (secondary N) is 1. The van der Waals surface area contributed by atoms with E-state index >= 15 is 0 Å².